The van der Waals surface area contributed by atoms with Crippen molar-refractivity contribution in [3.05, 3.63) is 18.3 Å². The van der Waals surface area contributed by atoms with Crippen molar-refractivity contribution in [1.29, 1.82) is 0 Å². The first kappa shape index (κ1) is 12.9. The second-order valence-corrected chi connectivity index (χ2v) is 5.37. The Labute approximate surface area is 96.5 Å². The summed E-state index contributed by atoms with van der Waals surface area (Å²) in [6.45, 7) is 4.88. The Hall–Kier alpha value is -1.14. The molecule has 0 unspecified atom stereocenters. The highest BCUT2D eigenvalue weighted by Gasteiger charge is 2.19. The van der Waals surface area contributed by atoms with Crippen LogP contribution in [0, 0.1) is 0 Å². The molecule has 0 bridgehead atoms. The third-order valence-corrected chi connectivity index (χ3v) is 4.17. The van der Waals surface area contributed by atoms with Gasteiger partial charge in [0.1, 0.15) is 5.82 Å². The zero-order valence-corrected chi connectivity index (χ0v) is 10.6. The summed E-state index contributed by atoms with van der Waals surface area (Å²) >= 11 is 0. The van der Waals surface area contributed by atoms with Gasteiger partial charge in [-0.25, -0.2) is 17.7 Å². The van der Waals surface area contributed by atoms with E-state index in [9.17, 15) is 8.42 Å². The van der Waals surface area contributed by atoms with Crippen molar-refractivity contribution in [3.8, 4) is 0 Å². The number of pyridine rings is 1. The molecule has 0 aliphatic rings. The molecule has 5 nitrogen and oxygen atoms in total. The van der Waals surface area contributed by atoms with Crippen molar-refractivity contribution >= 4 is 15.8 Å². The zero-order valence-electron chi connectivity index (χ0n) is 9.77. The Kier molecular flexibility index (Phi) is 4.26. The highest BCUT2D eigenvalue weighted by Crippen LogP contribution is 2.16. The normalized spacial score (nSPS) is 11.8. The first-order chi connectivity index (χ1) is 7.52. The SMILES string of the molecule is CCNc1cc(S(=O)(=O)N(C)CC)ccn1. The number of sulfonamides is 1. The van der Waals surface area contributed by atoms with E-state index in [0.717, 1.165) is 0 Å². The van der Waals surface area contributed by atoms with E-state index in [1.807, 2.05) is 6.92 Å². The summed E-state index contributed by atoms with van der Waals surface area (Å²) in [7, 11) is -1.82. The molecule has 1 N–H and O–H groups in total. The van der Waals surface area contributed by atoms with Crippen molar-refractivity contribution in [1.82, 2.24) is 9.29 Å². The van der Waals surface area contributed by atoms with Crippen molar-refractivity contribution in [3.63, 3.8) is 0 Å². The van der Waals surface area contributed by atoms with E-state index < -0.39 is 10.0 Å². The maximum atomic E-state index is 12.0. The number of rotatable bonds is 5. The van der Waals surface area contributed by atoms with Gasteiger partial charge in [-0.1, -0.05) is 6.92 Å². The summed E-state index contributed by atoms with van der Waals surface area (Å²) in [6, 6.07) is 3.05. The van der Waals surface area contributed by atoms with Gasteiger partial charge in [0, 0.05) is 32.4 Å². The molecule has 16 heavy (non-hydrogen) atoms. The molecular weight excluding hydrogens is 226 g/mol. The van der Waals surface area contributed by atoms with E-state index in [1.54, 1.807) is 20.0 Å². The molecule has 0 aromatic carbocycles. The minimum atomic E-state index is -3.38. The van der Waals surface area contributed by atoms with Gasteiger partial charge in [0.25, 0.3) is 0 Å². The Morgan fingerprint density at radius 3 is 2.69 bits per heavy atom. The summed E-state index contributed by atoms with van der Waals surface area (Å²) in [5, 5.41) is 2.98. The van der Waals surface area contributed by atoms with Gasteiger partial charge in [-0.15, -0.1) is 0 Å². The van der Waals surface area contributed by atoms with Crippen LogP contribution in [-0.2, 0) is 10.0 Å². The lowest BCUT2D eigenvalue weighted by atomic mass is 10.4. The molecular formula is C10H17N3O2S. The molecule has 0 aliphatic heterocycles. The van der Waals surface area contributed by atoms with Crippen LogP contribution in [0.1, 0.15) is 13.8 Å². The quantitative estimate of drug-likeness (QED) is 0.842. The molecule has 0 spiro atoms. The highest BCUT2D eigenvalue weighted by molar-refractivity contribution is 7.89. The Balaban J connectivity index is 3.09. The van der Waals surface area contributed by atoms with Gasteiger partial charge >= 0.3 is 0 Å². The van der Waals surface area contributed by atoms with Gasteiger partial charge < -0.3 is 5.32 Å². The van der Waals surface area contributed by atoms with Gasteiger partial charge in [-0.05, 0) is 13.0 Å². The maximum absolute atomic E-state index is 12.0. The smallest absolute Gasteiger partial charge is 0.242 e. The molecule has 90 valence electrons. The lowest BCUT2D eigenvalue weighted by molar-refractivity contribution is 0.486. The molecule has 0 saturated carbocycles. The Bertz CT molecular complexity index is 445. The van der Waals surface area contributed by atoms with Gasteiger partial charge in [0.2, 0.25) is 10.0 Å². The summed E-state index contributed by atoms with van der Waals surface area (Å²) in [6.07, 6.45) is 1.49. The first-order valence-corrected chi connectivity index (χ1v) is 6.62. The minimum absolute atomic E-state index is 0.266. The predicted molar refractivity (Wildman–Crippen MR) is 63.9 cm³/mol. The van der Waals surface area contributed by atoms with Crippen LogP contribution in [-0.4, -0.2) is 37.8 Å². The molecule has 0 aliphatic carbocycles. The van der Waals surface area contributed by atoms with Crippen LogP contribution < -0.4 is 5.32 Å². The highest BCUT2D eigenvalue weighted by atomic mass is 32.2. The van der Waals surface area contributed by atoms with Crippen molar-refractivity contribution in [2.75, 3.05) is 25.5 Å². The number of nitrogens with one attached hydrogen (secondary N) is 1. The van der Waals surface area contributed by atoms with E-state index in [0.29, 0.717) is 18.9 Å². The van der Waals surface area contributed by atoms with Crippen molar-refractivity contribution in [2.24, 2.45) is 0 Å². The number of aromatic nitrogens is 1. The van der Waals surface area contributed by atoms with Crippen LogP contribution in [0.2, 0.25) is 0 Å². The Morgan fingerprint density at radius 1 is 1.44 bits per heavy atom. The fourth-order valence-corrected chi connectivity index (χ4v) is 2.39. The molecule has 0 radical (unpaired) electrons. The van der Waals surface area contributed by atoms with E-state index in [1.165, 1.54) is 16.6 Å². The van der Waals surface area contributed by atoms with Gasteiger partial charge in [0.05, 0.1) is 4.90 Å². The molecule has 1 rings (SSSR count). The van der Waals surface area contributed by atoms with Gasteiger partial charge in [-0.2, -0.15) is 0 Å². The van der Waals surface area contributed by atoms with Crippen LogP contribution in [0.4, 0.5) is 5.82 Å². The second kappa shape index (κ2) is 5.27. The van der Waals surface area contributed by atoms with Crippen LogP contribution >= 0.6 is 0 Å². The standard InChI is InChI=1S/C10H17N3O2S/c1-4-11-10-8-9(6-7-12-10)16(14,15)13(3)5-2/h6-8H,4-5H2,1-3H3,(H,11,12). The van der Waals surface area contributed by atoms with Crippen LogP contribution in [0.25, 0.3) is 0 Å². The summed E-state index contributed by atoms with van der Waals surface area (Å²) in [5.41, 5.74) is 0. The first-order valence-electron chi connectivity index (χ1n) is 5.18. The predicted octanol–water partition coefficient (Wildman–Crippen LogP) is 1.15. The van der Waals surface area contributed by atoms with Crippen LogP contribution in [0.3, 0.4) is 0 Å². The van der Waals surface area contributed by atoms with E-state index in [-0.39, 0.29) is 4.90 Å². The average molecular weight is 243 g/mol. The molecule has 0 fully saturated rings. The molecule has 6 heteroatoms. The molecule has 1 aromatic heterocycles. The summed E-state index contributed by atoms with van der Waals surface area (Å²) in [4.78, 5) is 4.30. The average Bonchev–Trinajstić information content (AvgIpc) is 2.28. The van der Waals surface area contributed by atoms with Gasteiger partial charge in [0.15, 0.2) is 0 Å². The molecule has 0 amide bonds. The number of hydrogen-bond donors (Lipinski definition) is 1. The monoisotopic (exact) mass is 243 g/mol. The largest absolute Gasteiger partial charge is 0.370 e. The zero-order chi connectivity index (χ0) is 12.2. The molecule has 1 aromatic rings. The minimum Gasteiger partial charge on any atom is -0.370 e. The number of hydrogen-bond acceptors (Lipinski definition) is 4. The number of nitrogens with zero attached hydrogens (tertiary/aromatic N) is 2. The summed E-state index contributed by atoms with van der Waals surface area (Å²) in [5.74, 6) is 0.577. The Morgan fingerprint density at radius 2 is 2.12 bits per heavy atom. The van der Waals surface area contributed by atoms with Crippen LogP contribution in [0.5, 0.6) is 0 Å². The topological polar surface area (TPSA) is 62.3 Å². The third-order valence-electron chi connectivity index (χ3n) is 2.24. The van der Waals surface area contributed by atoms with Gasteiger partial charge in [-0.3, -0.25) is 0 Å². The molecule has 0 saturated heterocycles. The second-order valence-electron chi connectivity index (χ2n) is 3.33. The van der Waals surface area contributed by atoms with Crippen molar-refractivity contribution < 1.29 is 8.42 Å². The summed E-state index contributed by atoms with van der Waals surface area (Å²) < 4.78 is 25.3. The molecule has 1 heterocycles. The van der Waals surface area contributed by atoms with Crippen molar-refractivity contribution in [2.45, 2.75) is 18.7 Å². The van der Waals surface area contributed by atoms with E-state index in [4.69, 9.17) is 0 Å². The lowest BCUT2D eigenvalue weighted by Crippen LogP contribution is -2.26. The van der Waals surface area contributed by atoms with E-state index in [2.05, 4.69) is 10.3 Å². The number of anilines is 1. The molecule has 0 atom stereocenters. The van der Waals surface area contributed by atoms with E-state index >= 15 is 0 Å². The fraction of sp³-hybridized carbons (Fsp3) is 0.500. The fourth-order valence-electron chi connectivity index (χ4n) is 1.20. The lowest BCUT2D eigenvalue weighted by Gasteiger charge is -2.15. The third kappa shape index (κ3) is 2.70. The van der Waals surface area contributed by atoms with Crippen LogP contribution in [0.15, 0.2) is 23.2 Å². The maximum Gasteiger partial charge on any atom is 0.242 e.